The first-order valence-electron chi connectivity index (χ1n) is 6.14. The third-order valence-electron chi connectivity index (χ3n) is 3.19. The van der Waals surface area contributed by atoms with Gasteiger partial charge in [0.1, 0.15) is 6.54 Å². The fraction of sp³-hybridized carbons (Fsp3) is 0.429. The Kier molecular flexibility index (Phi) is 4.16. The normalized spacial score (nSPS) is 17.5. The Morgan fingerprint density at radius 1 is 1.42 bits per heavy atom. The highest BCUT2D eigenvalue weighted by Crippen LogP contribution is 2.28. The molecule has 0 saturated heterocycles. The lowest BCUT2D eigenvalue weighted by molar-refractivity contribution is -0.151. The van der Waals surface area contributed by atoms with Crippen LogP contribution in [0.4, 0.5) is 0 Å². The van der Waals surface area contributed by atoms with Crippen molar-refractivity contribution in [1.29, 1.82) is 0 Å². The second kappa shape index (κ2) is 5.84. The van der Waals surface area contributed by atoms with Gasteiger partial charge in [-0.15, -0.1) is 0 Å². The van der Waals surface area contributed by atoms with Crippen LogP contribution in [0, 0.1) is 0 Å². The molecule has 1 unspecified atom stereocenters. The molecule has 0 radical (unpaired) electrons. The van der Waals surface area contributed by atoms with E-state index in [4.69, 9.17) is 4.74 Å². The van der Waals surface area contributed by atoms with E-state index in [0.29, 0.717) is 6.61 Å². The lowest BCUT2D eigenvalue weighted by Crippen LogP contribution is -2.38. The minimum atomic E-state index is -0.625. The number of carbonyl (C=O) groups is 2. The van der Waals surface area contributed by atoms with E-state index in [1.807, 2.05) is 24.3 Å². The summed E-state index contributed by atoms with van der Waals surface area (Å²) >= 11 is 0. The van der Waals surface area contributed by atoms with Crippen LogP contribution in [-0.2, 0) is 25.5 Å². The maximum Gasteiger partial charge on any atom is 0.325 e. The zero-order valence-electron chi connectivity index (χ0n) is 11.1. The summed E-state index contributed by atoms with van der Waals surface area (Å²) in [6.45, 7) is 0.441. The van der Waals surface area contributed by atoms with Crippen LogP contribution in [0.2, 0.25) is 0 Å². The molecular formula is C14H17NO4. The summed E-state index contributed by atoms with van der Waals surface area (Å²) in [5.74, 6) is -0.669. The molecule has 1 aliphatic rings. The molecule has 0 spiro atoms. The topological polar surface area (TPSA) is 55.8 Å². The third-order valence-corrected chi connectivity index (χ3v) is 3.19. The van der Waals surface area contributed by atoms with Crippen LogP contribution >= 0.6 is 0 Å². The first-order chi connectivity index (χ1) is 9.13. The summed E-state index contributed by atoms with van der Waals surface area (Å²) in [6, 6.07) is 7.72. The van der Waals surface area contributed by atoms with Gasteiger partial charge in [-0.25, -0.2) is 0 Å². The molecule has 5 heteroatoms. The summed E-state index contributed by atoms with van der Waals surface area (Å²) in [6.07, 6.45) is 0.181. The zero-order chi connectivity index (χ0) is 13.8. The van der Waals surface area contributed by atoms with E-state index in [9.17, 15) is 9.59 Å². The average molecular weight is 263 g/mol. The third kappa shape index (κ3) is 2.93. The van der Waals surface area contributed by atoms with E-state index in [-0.39, 0.29) is 12.5 Å². The first-order valence-corrected chi connectivity index (χ1v) is 6.14. The van der Waals surface area contributed by atoms with Crippen molar-refractivity contribution in [2.75, 3.05) is 27.3 Å². The predicted molar refractivity (Wildman–Crippen MR) is 68.5 cm³/mol. The SMILES string of the molecule is COC(=O)CN(C)C(=O)C1OCCc2ccccc21. The van der Waals surface area contributed by atoms with Crippen molar-refractivity contribution >= 4 is 11.9 Å². The fourth-order valence-electron chi connectivity index (χ4n) is 2.13. The molecule has 1 aromatic carbocycles. The monoisotopic (exact) mass is 263 g/mol. The molecule has 0 bridgehead atoms. The van der Waals surface area contributed by atoms with Crippen molar-refractivity contribution in [2.24, 2.45) is 0 Å². The minimum absolute atomic E-state index is 0.0721. The molecule has 1 aliphatic heterocycles. The van der Waals surface area contributed by atoms with Crippen molar-refractivity contribution in [3.05, 3.63) is 35.4 Å². The van der Waals surface area contributed by atoms with Gasteiger partial charge in [0.05, 0.1) is 13.7 Å². The Bertz CT molecular complexity index is 486. The molecule has 0 aromatic heterocycles. The number of hydrogen-bond donors (Lipinski definition) is 0. The number of benzene rings is 1. The van der Waals surface area contributed by atoms with Gasteiger partial charge in [-0.1, -0.05) is 24.3 Å². The van der Waals surface area contributed by atoms with Crippen LogP contribution in [0.15, 0.2) is 24.3 Å². The van der Waals surface area contributed by atoms with Gasteiger partial charge in [0.15, 0.2) is 6.10 Å². The van der Waals surface area contributed by atoms with Gasteiger partial charge in [0.25, 0.3) is 5.91 Å². The number of nitrogens with zero attached hydrogens (tertiary/aromatic N) is 1. The van der Waals surface area contributed by atoms with Crippen LogP contribution in [-0.4, -0.2) is 44.1 Å². The summed E-state index contributed by atoms with van der Waals surface area (Å²) in [4.78, 5) is 24.8. The van der Waals surface area contributed by atoms with Gasteiger partial charge in [0, 0.05) is 7.05 Å². The first kappa shape index (κ1) is 13.5. The number of carbonyl (C=O) groups excluding carboxylic acids is 2. The number of hydrogen-bond acceptors (Lipinski definition) is 4. The largest absolute Gasteiger partial charge is 0.468 e. The van der Waals surface area contributed by atoms with E-state index >= 15 is 0 Å². The number of rotatable bonds is 3. The van der Waals surface area contributed by atoms with Crippen molar-refractivity contribution in [3.63, 3.8) is 0 Å². The molecule has 1 atom stereocenters. The van der Waals surface area contributed by atoms with Crippen molar-refractivity contribution < 1.29 is 19.1 Å². The summed E-state index contributed by atoms with van der Waals surface area (Å²) in [7, 11) is 2.87. The molecular weight excluding hydrogens is 246 g/mol. The number of ether oxygens (including phenoxy) is 2. The maximum atomic E-state index is 12.3. The lowest BCUT2D eigenvalue weighted by Gasteiger charge is -2.28. The second-order valence-corrected chi connectivity index (χ2v) is 4.47. The highest BCUT2D eigenvalue weighted by molar-refractivity contribution is 5.86. The van der Waals surface area contributed by atoms with Crippen LogP contribution in [0.3, 0.4) is 0 Å². The Balaban J connectivity index is 2.14. The van der Waals surface area contributed by atoms with Gasteiger partial charge in [-0.3, -0.25) is 9.59 Å². The molecule has 0 N–H and O–H groups in total. The molecule has 102 valence electrons. The minimum Gasteiger partial charge on any atom is -0.468 e. The van der Waals surface area contributed by atoms with Crippen LogP contribution < -0.4 is 0 Å². The molecule has 1 amide bonds. The van der Waals surface area contributed by atoms with Crippen LogP contribution in [0.25, 0.3) is 0 Å². The predicted octanol–water partition coefficient (Wildman–Crippen LogP) is 0.932. The van der Waals surface area contributed by atoms with Crippen molar-refractivity contribution in [2.45, 2.75) is 12.5 Å². The van der Waals surface area contributed by atoms with E-state index in [1.54, 1.807) is 7.05 Å². The molecule has 1 heterocycles. The smallest absolute Gasteiger partial charge is 0.325 e. The highest BCUT2D eigenvalue weighted by Gasteiger charge is 2.30. The number of fused-ring (bicyclic) bond motifs is 1. The summed E-state index contributed by atoms with van der Waals surface area (Å²) in [5, 5.41) is 0. The lowest BCUT2D eigenvalue weighted by atomic mass is 9.97. The van der Waals surface area contributed by atoms with Crippen molar-refractivity contribution in [3.8, 4) is 0 Å². The molecule has 2 rings (SSSR count). The quantitative estimate of drug-likeness (QED) is 0.761. The van der Waals surface area contributed by atoms with Gasteiger partial charge in [0.2, 0.25) is 0 Å². The standard InChI is InChI=1S/C14H17NO4/c1-15(9-12(16)18-2)14(17)13-11-6-4-3-5-10(11)7-8-19-13/h3-6,13H,7-9H2,1-2H3. The van der Waals surface area contributed by atoms with Crippen molar-refractivity contribution in [1.82, 2.24) is 4.90 Å². The fourth-order valence-corrected chi connectivity index (χ4v) is 2.13. The van der Waals surface area contributed by atoms with Gasteiger partial charge >= 0.3 is 5.97 Å². The Hall–Kier alpha value is -1.88. The van der Waals surface area contributed by atoms with Gasteiger partial charge in [-0.2, -0.15) is 0 Å². The van der Waals surface area contributed by atoms with E-state index in [0.717, 1.165) is 17.5 Å². The molecule has 0 fully saturated rings. The Labute approximate surface area is 112 Å². The van der Waals surface area contributed by atoms with E-state index in [1.165, 1.54) is 12.0 Å². The number of amides is 1. The van der Waals surface area contributed by atoms with Crippen LogP contribution in [0.1, 0.15) is 17.2 Å². The average Bonchev–Trinajstić information content (AvgIpc) is 2.45. The maximum absolute atomic E-state index is 12.3. The Morgan fingerprint density at radius 2 is 2.16 bits per heavy atom. The molecule has 0 saturated carbocycles. The van der Waals surface area contributed by atoms with Gasteiger partial charge < -0.3 is 14.4 Å². The summed E-state index contributed by atoms with van der Waals surface area (Å²) < 4.78 is 10.1. The zero-order valence-corrected chi connectivity index (χ0v) is 11.1. The molecule has 5 nitrogen and oxygen atoms in total. The Morgan fingerprint density at radius 3 is 2.89 bits per heavy atom. The number of esters is 1. The molecule has 19 heavy (non-hydrogen) atoms. The number of likely N-dealkylation sites (N-methyl/N-ethyl adjacent to an activating group) is 1. The van der Waals surface area contributed by atoms with E-state index < -0.39 is 12.1 Å². The molecule has 0 aliphatic carbocycles. The van der Waals surface area contributed by atoms with E-state index in [2.05, 4.69) is 4.74 Å². The molecule has 1 aromatic rings. The number of methoxy groups -OCH3 is 1. The highest BCUT2D eigenvalue weighted by atomic mass is 16.5. The van der Waals surface area contributed by atoms with Crippen LogP contribution in [0.5, 0.6) is 0 Å². The van der Waals surface area contributed by atoms with Gasteiger partial charge in [-0.05, 0) is 17.5 Å². The second-order valence-electron chi connectivity index (χ2n) is 4.47. The summed E-state index contributed by atoms with van der Waals surface area (Å²) in [5.41, 5.74) is 2.01.